The van der Waals surface area contributed by atoms with Crippen LogP contribution in [-0.4, -0.2) is 19.6 Å². The predicted octanol–water partition coefficient (Wildman–Crippen LogP) is 2.75. The van der Waals surface area contributed by atoms with Crippen molar-refractivity contribution >= 4 is 5.69 Å². The minimum absolute atomic E-state index is 0.651. The van der Waals surface area contributed by atoms with E-state index in [9.17, 15) is 0 Å². The first kappa shape index (κ1) is 10.0. The Morgan fingerprint density at radius 3 is 3.07 bits per heavy atom. The molecular weight excluding hydrogens is 184 g/mol. The molecule has 2 nitrogen and oxygen atoms in total. The minimum atomic E-state index is 0.651. The van der Waals surface area contributed by atoms with Crippen molar-refractivity contribution in [2.45, 2.75) is 19.3 Å². The summed E-state index contributed by atoms with van der Waals surface area (Å²) in [5, 5.41) is 0. The molecule has 1 heterocycles. The monoisotopic (exact) mass is 200 g/mol. The lowest BCUT2D eigenvalue weighted by Gasteiger charge is -2.30. The number of para-hydroxylation sites is 1. The van der Waals surface area contributed by atoms with Gasteiger partial charge in [0, 0.05) is 25.2 Å². The predicted molar refractivity (Wildman–Crippen MR) is 63.1 cm³/mol. The van der Waals surface area contributed by atoms with Gasteiger partial charge < -0.3 is 9.74 Å². The Hall–Kier alpha value is -1.49. The Bertz CT molecular complexity index is 365. The highest BCUT2D eigenvalue weighted by atomic mass is 15.1. The SMILES string of the molecule is [C-]#[N+]CCCN1CCCc2ccccc21. The first-order valence-electron chi connectivity index (χ1n) is 5.58. The molecule has 0 spiro atoms. The summed E-state index contributed by atoms with van der Waals surface area (Å²) in [6.07, 6.45) is 3.43. The number of rotatable bonds is 3. The van der Waals surface area contributed by atoms with E-state index in [2.05, 4.69) is 34.0 Å². The Balaban J connectivity index is 2.06. The third-order valence-electron chi connectivity index (χ3n) is 2.90. The van der Waals surface area contributed by atoms with E-state index in [4.69, 9.17) is 6.57 Å². The largest absolute Gasteiger partial charge is 0.371 e. The summed E-state index contributed by atoms with van der Waals surface area (Å²) in [7, 11) is 0. The second-order valence-electron chi connectivity index (χ2n) is 3.95. The third kappa shape index (κ3) is 2.30. The summed E-state index contributed by atoms with van der Waals surface area (Å²) in [6.45, 7) is 9.60. The van der Waals surface area contributed by atoms with Gasteiger partial charge in [-0.3, -0.25) is 0 Å². The molecule has 1 aromatic rings. The molecule has 0 saturated carbocycles. The molecule has 0 saturated heterocycles. The van der Waals surface area contributed by atoms with E-state index in [-0.39, 0.29) is 0 Å². The van der Waals surface area contributed by atoms with E-state index < -0.39 is 0 Å². The van der Waals surface area contributed by atoms with Crippen molar-refractivity contribution in [3.05, 3.63) is 41.2 Å². The molecule has 1 aliphatic heterocycles. The van der Waals surface area contributed by atoms with Gasteiger partial charge in [-0.2, -0.15) is 0 Å². The number of hydrogen-bond donors (Lipinski definition) is 0. The number of anilines is 1. The second kappa shape index (κ2) is 4.84. The topological polar surface area (TPSA) is 7.60 Å². The quantitative estimate of drug-likeness (QED) is 0.538. The molecule has 0 N–H and O–H groups in total. The molecule has 0 bridgehead atoms. The summed E-state index contributed by atoms with van der Waals surface area (Å²) < 4.78 is 0. The van der Waals surface area contributed by atoms with Gasteiger partial charge in [0.15, 0.2) is 0 Å². The van der Waals surface area contributed by atoms with Crippen molar-refractivity contribution in [1.29, 1.82) is 0 Å². The highest BCUT2D eigenvalue weighted by Gasteiger charge is 2.15. The Morgan fingerprint density at radius 1 is 1.33 bits per heavy atom. The Labute approximate surface area is 91.3 Å². The molecule has 0 amide bonds. The maximum atomic E-state index is 6.77. The lowest BCUT2D eigenvalue weighted by Crippen LogP contribution is -2.30. The summed E-state index contributed by atoms with van der Waals surface area (Å²) >= 11 is 0. The van der Waals surface area contributed by atoms with Crippen LogP contribution in [0.4, 0.5) is 5.69 Å². The van der Waals surface area contributed by atoms with E-state index >= 15 is 0 Å². The van der Waals surface area contributed by atoms with E-state index in [0.717, 1.165) is 19.5 Å². The highest BCUT2D eigenvalue weighted by Crippen LogP contribution is 2.26. The second-order valence-corrected chi connectivity index (χ2v) is 3.95. The number of benzene rings is 1. The van der Waals surface area contributed by atoms with Crippen molar-refractivity contribution in [2.75, 3.05) is 24.5 Å². The lowest BCUT2D eigenvalue weighted by molar-refractivity contribution is 0.677. The van der Waals surface area contributed by atoms with Crippen LogP contribution in [0.15, 0.2) is 24.3 Å². The first-order chi connectivity index (χ1) is 7.42. The fourth-order valence-electron chi connectivity index (χ4n) is 2.18. The van der Waals surface area contributed by atoms with Gasteiger partial charge in [0.05, 0.1) is 0 Å². The van der Waals surface area contributed by atoms with Crippen molar-refractivity contribution in [2.24, 2.45) is 0 Å². The minimum Gasteiger partial charge on any atom is -0.371 e. The van der Waals surface area contributed by atoms with E-state index in [1.54, 1.807) is 0 Å². The van der Waals surface area contributed by atoms with Gasteiger partial charge in [0.1, 0.15) is 0 Å². The van der Waals surface area contributed by atoms with Crippen LogP contribution in [-0.2, 0) is 6.42 Å². The van der Waals surface area contributed by atoms with Gasteiger partial charge in [-0.25, -0.2) is 6.57 Å². The fourth-order valence-corrected chi connectivity index (χ4v) is 2.18. The summed E-state index contributed by atoms with van der Waals surface area (Å²) in [5.74, 6) is 0. The molecule has 0 aliphatic carbocycles. The molecule has 78 valence electrons. The smallest absolute Gasteiger partial charge is 0.216 e. The molecule has 0 aromatic heterocycles. The van der Waals surface area contributed by atoms with Gasteiger partial charge in [-0.05, 0) is 24.5 Å². The molecular formula is C13H16N2. The molecule has 0 fully saturated rings. The average Bonchev–Trinajstić information content (AvgIpc) is 2.30. The summed E-state index contributed by atoms with van der Waals surface area (Å²) in [5.41, 5.74) is 2.85. The Kier molecular flexibility index (Phi) is 3.24. The Morgan fingerprint density at radius 2 is 2.20 bits per heavy atom. The van der Waals surface area contributed by atoms with Gasteiger partial charge in [0.2, 0.25) is 6.54 Å². The summed E-state index contributed by atoms with van der Waals surface area (Å²) in [4.78, 5) is 5.82. The van der Waals surface area contributed by atoms with Crippen LogP contribution in [0.25, 0.3) is 4.85 Å². The normalized spacial score (nSPS) is 14.5. The van der Waals surface area contributed by atoms with Gasteiger partial charge in [-0.15, -0.1) is 0 Å². The van der Waals surface area contributed by atoms with Crippen LogP contribution < -0.4 is 4.90 Å². The highest BCUT2D eigenvalue weighted by molar-refractivity contribution is 5.55. The molecule has 0 atom stereocenters. The van der Waals surface area contributed by atoms with Crippen LogP contribution in [0.5, 0.6) is 0 Å². The van der Waals surface area contributed by atoms with Crippen LogP contribution in [0.3, 0.4) is 0 Å². The zero-order valence-electron chi connectivity index (χ0n) is 8.95. The molecule has 15 heavy (non-hydrogen) atoms. The number of nitrogens with zero attached hydrogens (tertiary/aromatic N) is 2. The molecule has 2 rings (SSSR count). The van der Waals surface area contributed by atoms with Crippen LogP contribution in [0.1, 0.15) is 18.4 Å². The molecule has 1 aliphatic rings. The van der Waals surface area contributed by atoms with Gasteiger partial charge in [0.25, 0.3) is 0 Å². The number of fused-ring (bicyclic) bond motifs is 1. The first-order valence-corrected chi connectivity index (χ1v) is 5.58. The van der Waals surface area contributed by atoms with E-state index in [1.165, 1.54) is 24.1 Å². The average molecular weight is 200 g/mol. The number of hydrogen-bond acceptors (Lipinski definition) is 1. The van der Waals surface area contributed by atoms with Gasteiger partial charge in [-0.1, -0.05) is 18.2 Å². The van der Waals surface area contributed by atoms with Crippen LogP contribution >= 0.6 is 0 Å². The molecule has 1 aromatic carbocycles. The summed E-state index contributed by atoms with van der Waals surface area (Å²) in [6, 6.07) is 8.64. The van der Waals surface area contributed by atoms with Crippen molar-refractivity contribution in [3.8, 4) is 0 Å². The van der Waals surface area contributed by atoms with E-state index in [0.29, 0.717) is 6.54 Å². The third-order valence-corrected chi connectivity index (χ3v) is 2.90. The zero-order chi connectivity index (χ0) is 10.5. The lowest BCUT2D eigenvalue weighted by atomic mass is 10.0. The van der Waals surface area contributed by atoms with Crippen molar-refractivity contribution < 1.29 is 0 Å². The molecule has 2 heteroatoms. The van der Waals surface area contributed by atoms with Crippen molar-refractivity contribution in [3.63, 3.8) is 0 Å². The number of aryl methyl sites for hydroxylation is 1. The van der Waals surface area contributed by atoms with E-state index in [1.807, 2.05) is 0 Å². The molecule has 0 radical (unpaired) electrons. The van der Waals surface area contributed by atoms with Crippen LogP contribution in [0.2, 0.25) is 0 Å². The van der Waals surface area contributed by atoms with Crippen molar-refractivity contribution in [1.82, 2.24) is 0 Å². The van der Waals surface area contributed by atoms with Gasteiger partial charge >= 0.3 is 0 Å². The zero-order valence-corrected chi connectivity index (χ0v) is 8.95. The maximum Gasteiger partial charge on any atom is 0.216 e. The standard InChI is InChI=1S/C13H16N2/c1-14-9-5-11-15-10-4-7-12-6-2-3-8-13(12)15/h2-3,6,8H,4-5,7,9-11H2. The molecule has 0 unspecified atom stereocenters. The fraction of sp³-hybridized carbons (Fsp3) is 0.462. The van der Waals surface area contributed by atoms with Crippen LogP contribution in [0, 0.1) is 6.57 Å². The maximum absolute atomic E-state index is 6.77.